The summed E-state index contributed by atoms with van der Waals surface area (Å²) < 4.78 is 11.3. The molecule has 0 saturated heterocycles. The molecular formula is C23H35IN4O2. The minimum atomic E-state index is 0. The van der Waals surface area contributed by atoms with Gasteiger partial charge in [-0.05, 0) is 55.7 Å². The normalized spacial score (nSPS) is 10.8. The molecule has 2 N–H and O–H groups in total. The van der Waals surface area contributed by atoms with Crippen LogP contribution in [0.4, 0.5) is 5.69 Å². The van der Waals surface area contributed by atoms with Crippen molar-refractivity contribution >= 4 is 35.6 Å². The van der Waals surface area contributed by atoms with Gasteiger partial charge in [0.25, 0.3) is 0 Å². The molecule has 0 aliphatic carbocycles. The number of ether oxygens (including phenoxy) is 2. The van der Waals surface area contributed by atoms with E-state index in [0.717, 1.165) is 37.0 Å². The van der Waals surface area contributed by atoms with Crippen molar-refractivity contribution in [2.45, 2.75) is 26.8 Å². The van der Waals surface area contributed by atoms with Crippen molar-refractivity contribution in [2.75, 3.05) is 45.8 Å². The third-order valence-electron chi connectivity index (χ3n) is 4.45. The minimum Gasteiger partial charge on any atom is -0.490 e. The fourth-order valence-corrected chi connectivity index (χ4v) is 2.89. The number of aliphatic imine (C=N–C) groups is 1. The Bertz CT molecular complexity index is 779. The molecule has 0 aliphatic heterocycles. The molecular weight excluding hydrogens is 491 g/mol. The van der Waals surface area contributed by atoms with E-state index in [9.17, 15) is 0 Å². The van der Waals surface area contributed by atoms with Gasteiger partial charge in [0.1, 0.15) is 0 Å². The van der Waals surface area contributed by atoms with E-state index in [1.54, 1.807) is 7.05 Å². The van der Waals surface area contributed by atoms with Crippen molar-refractivity contribution < 1.29 is 9.47 Å². The highest BCUT2D eigenvalue weighted by molar-refractivity contribution is 14.0. The maximum Gasteiger partial charge on any atom is 0.191 e. The van der Waals surface area contributed by atoms with E-state index in [4.69, 9.17) is 9.47 Å². The topological polar surface area (TPSA) is 58.1 Å². The zero-order valence-electron chi connectivity index (χ0n) is 18.7. The Kier molecular flexibility index (Phi) is 12.0. The molecule has 0 heterocycles. The summed E-state index contributed by atoms with van der Waals surface area (Å²) in [7, 11) is 5.87. The Labute approximate surface area is 198 Å². The van der Waals surface area contributed by atoms with Gasteiger partial charge in [0.15, 0.2) is 17.5 Å². The van der Waals surface area contributed by atoms with Crippen LogP contribution in [0.15, 0.2) is 47.5 Å². The Morgan fingerprint density at radius 2 is 1.53 bits per heavy atom. The molecule has 0 saturated carbocycles. The first-order valence-electron chi connectivity index (χ1n) is 10.2. The summed E-state index contributed by atoms with van der Waals surface area (Å²) in [6.07, 6.45) is 0.866. The second-order valence-corrected chi connectivity index (χ2v) is 6.81. The second kappa shape index (κ2) is 14.0. The SMILES string of the molecule is CCOc1ccc(CCNC(=NC)NCc2ccc(N(C)C)cc2)cc1OCC.I. The summed E-state index contributed by atoms with van der Waals surface area (Å²) in [6.45, 7) is 6.70. The van der Waals surface area contributed by atoms with Gasteiger partial charge < -0.3 is 25.0 Å². The molecule has 7 heteroatoms. The summed E-state index contributed by atoms with van der Waals surface area (Å²) in [4.78, 5) is 6.40. The number of nitrogens with one attached hydrogen (secondary N) is 2. The van der Waals surface area contributed by atoms with Crippen LogP contribution in [0.2, 0.25) is 0 Å². The van der Waals surface area contributed by atoms with E-state index >= 15 is 0 Å². The van der Waals surface area contributed by atoms with E-state index in [1.807, 2.05) is 34.0 Å². The quantitative estimate of drug-likeness (QED) is 0.278. The third kappa shape index (κ3) is 8.30. The molecule has 0 spiro atoms. The van der Waals surface area contributed by atoms with Gasteiger partial charge in [0, 0.05) is 39.9 Å². The predicted molar refractivity (Wildman–Crippen MR) is 137 cm³/mol. The van der Waals surface area contributed by atoms with Crippen molar-refractivity contribution in [1.29, 1.82) is 0 Å². The number of hydrogen-bond acceptors (Lipinski definition) is 4. The van der Waals surface area contributed by atoms with Crippen molar-refractivity contribution in [1.82, 2.24) is 10.6 Å². The molecule has 0 bridgehead atoms. The zero-order valence-corrected chi connectivity index (χ0v) is 21.0. The van der Waals surface area contributed by atoms with Crippen molar-refractivity contribution in [3.63, 3.8) is 0 Å². The number of anilines is 1. The number of nitrogens with zero attached hydrogens (tertiary/aromatic N) is 2. The lowest BCUT2D eigenvalue weighted by Gasteiger charge is -2.15. The summed E-state index contributed by atoms with van der Waals surface area (Å²) in [6, 6.07) is 14.6. The fraction of sp³-hybridized carbons (Fsp3) is 0.435. The lowest BCUT2D eigenvalue weighted by molar-refractivity contribution is 0.287. The van der Waals surface area contributed by atoms with Gasteiger partial charge in [-0.1, -0.05) is 18.2 Å². The van der Waals surface area contributed by atoms with E-state index in [0.29, 0.717) is 13.2 Å². The molecule has 6 nitrogen and oxygen atoms in total. The molecule has 0 atom stereocenters. The Hall–Kier alpha value is -2.16. The molecule has 2 aromatic carbocycles. The van der Waals surface area contributed by atoms with Crippen LogP contribution in [-0.2, 0) is 13.0 Å². The highest BCUT2D eigenvalue weighted by atomic mass is 127. The first-order chi connectivity index (χ1) is 14.1. The standard InChI is InChI=1S/C23H34N4O2.HI/c1-6-28-21-13-10-18(16-22(21)29-7-2)14-15-25-23(24-3)26-17-19-8-11-20(12-9-19)27(4)5;/h8-13,16H,6-7,14-15,17H2,1-5H3,(H2,24,25,26);1H. The average Bonchev–Trinajstić information content (AvgIpc) is 2.73. The van der Waals surface area contributed by atoms with Crippen molar-refractivity contribution in [2.24, 2.45) is 4.99 Å². The molecule has 0 unspecified atom stereocenters. The van der Waals surface area contributed by atoms with Crippen LogP contribution in [0.1, 0.15) is 25.0 Å². The summed E-state index contributed by atoms with van der Waals surface area (Å²) in [5.74, 6) is 2.39. The Morgan fingerprint density at radius 3 is 2.13 bits per heavy atom. The van der Waals surface area contributed by atoms with Crippen LogP contribution < -0.4 is 25.0 Å². The molecule has 2 rings (SSSR count). The van der Waals surface area contributed by atoms with E-state index in [2.05, 4.69) is 56.9 Å². The summed E-state index contributed by atoms with van der Waals surface area (Å²) in [5, 5.41) is 6.73. The van der Waals surface area contributed by atoms with Gasteiger partial charge in [-0.15, -0.1) is 24.0 Å². The summed E-state index contributed by atoms with van der Waals surface area (Å²) in [5.41, 5.74) is 3.60. The van der Waals surface area contributed by atoms with Gasteiger partial charge in [-0.25, -0.2) is 0 Å². The average molecular weight is 526 g/mol. The number of rotatable bonds is 10. The molecule has 2 aromatic rings. The Balaban J connectivity index is 0.00000450. The van der Waals surface area contributed by atoms with Crippen molar-refractivity contribution in [3.05, 3.63) is 53.6 Å². The molecule has 166 valence electrons. The molecule has 0 amide bonds. The smallest absolute Gasteiger partial charge is 0.191 e. The van der Waals surface area contributed by atoms with Crippen LogP contribution in [-0.4, -0.2) is 46.9 Å². The first-order valence-corrected chi connectivity index (χ1v) is 10.2. The number of benzene rings is 2. The third-order valence-corrected chi connectivity index (χ3v) is 4.45. The number of halogens is 1. The van der Waals surface area contributed by atoms with Gasteiger partial charge in [0.2, 0.25) is 0 Å². The largest absolute Gasteiger partial charge is 0.490 e. The number of hydrogen-bond donors (Lipinski definition) is 2. The van der Waals surface area contributed by atoms with Crippen LogP contribution in [0, 0.1) is 0 Å². The van der Waals surface area contributed by atoms with Crippen LogP contribution in [0.25, 0.3) is 0 Å². The monoisotopic (exact) mass is 526 g/mol. The molecule has 0 aliphatic rings. The van der Waals surface area contributed by atoms with Crippen LogP contribution in [0.5, 0.6) is 11.5 Å². The van der Waals surface area contributed by atoms with Gasteiger partial charge in [-0.2, -0.15) is 0 Å². The molecule has 0 aromatic heterocycles. The minimum absolute atomic E-state index is 0. The highest BCUT2D eigenvalue weighted by Gasteiger charge is 2.06. The molecule has 30 heavy (non-hydrogen) atoms. The number of guanidine groups is 1. The van der Waals surface area contributed by atoms with Gasteiger partial charge in [-0.3, -0.25) is 4.99 Å². The fourth-order valence-electron chi connectivity index (χ4n) is 2.89. The van der Waals surface area contributed by atoms with Crippen LogP contribution in [0.3, 0.4) is 0 Å². The second-order valence-electron chi connectivity index (χ2n) is 6.81. The maximum absolute atomic E-state index is 5.70. The first kappa shape index (κ1) is 25.9. The van der Waals surface area contributed by atoms with Crippen molar-refractivity contribution in [3.8, 4) is 11.5 Å². The van der Waals surface area contributed by atoms with Gasteiger partial charge >= 0.3 is 0 Å². The van der Waals surface area contributed by atoms with E-state index < -0.39 is 0 Å². The highest BCUT2D eigenvalue weighted by Crippen LogP contribution is 2.28. The predicted octanol–water partition coefficient (Wildman–Crippen LogP) is 4.08. The van der Waals surface area contributed by atoms with Gasteiger partial charge in [0.05, 0.1) is 13.2 Å². The molecule has 0 radical (unpaired) electrons. The lowest BCUT2D eigenvalue weighted by Crippen LogP contribution is -2.37. The summed E-state index contributed by atoms with van der Waals surface area (Å²) >= 11 is 0. The van der Waals surface area contributed by atoms with E-state index in [1.165, 1.54) is 16.8 Å². The maximum atomic E-state index is 5.70. The lowest BCUT2D eigenvalue weighted by atomic mass is 10.1. The zero-order chi connectivity index (χ0) is 21.1. The van der Waals surface area contributed by atoms with Crippen LogP contribution >= 0.6 is 24.0 Å². The van der Waals surface area contributed by atoms with E-state index in [-0.39, 0.29) is 24.0 Å². The molecule has 0 fully saturated rings. The Morgan fingerprint density at radius 1 is 0.900 bits per heavy atom.